The smallest absolute Gasteiger partial charge is 0.0459 e. The number of hydrogen-bond acceptors (Lipinski definition) is 1. The monoisotopic (exact) mass is 142 g/mol. The van der Waals surface area contributed by atoms with Crippen LogP contribution in [0.25, 0.3) is 0 Å². The molecular weight excluding hydrogens is 124 g/mol. The second-order valence-corrected chi connectivity index (χ2v) is 3.67. The van der Waals surface area contributed by atoms with E-state index in [-0.39, 0.29) is 0 Å². The third-order valence-electron chi connectivity index (χ3n) is 2.98. The van der Waals surface area contributed by atoms with Gasteiger partial charge in [0.05, 0.1) is 0 Å². The van der Waals surface area contributed by atoms with Crippen molar-refractivity contribution < 1.29 is 5.11 Å². The van der Waals surface area contributed by atoms with Gasteiger partial charge in [-0.25, -0.2) is 0 Å². The quantitative estimate of drug-likeness (QED) is 0.639. The molecule has 60 valence electrons. The van der Waals surface area contributed by atoms with Gasteiger partial charge in [-0.1, -0.05) is 20.3 Å². The maximum absolute atomic E-state index is 8.76. The van der Waals surface area contributed by atoms with Crippen molar-refractivity contribution in [3.05, 3.63) is 0 Å². The van der Waals surface area contributed by atoms with Crippen LogP contribution < -0.4 is 0 Å². The zero-order valence-electron chi connectivity index (χ0n) is 7.01. The molecule has 0 amide bonds. The van der Waals surface area contributed by atoms with E-state index < -0.39 is 0 Å². The Kier molecular flexibility index (Phi) is 2.72. The molecule has 10 heavy (non-hydrogen) atoms. The van der Waals surface area contributed by atoms with Crippen LogP contribution in [0.5, 0.6) is 0 Å². The molecule has 1 atom stereocenters. The largest absolute Gasteiger partial charge is 0.396 e. The molecule has 0 saturated heterocycles. The van der Waals surface area contributed by atoms with Crippen LogP contribution in [0.1, 0.15) is 33.1 Å². The van der Waals surface area contributed by atoms with Gasteiger partial charge in [-0.15, -0.1) is 0 Å². The summed E-state index contributed by atoms with van der Waals surface area (Å²) in [5.74, 6) is 2.43. The van der Waals surface area contributed by atoms with Crippen molar-refractivity contribution in [3.63, 3.8) is 0 Å². The van der Waals surface area contributed by atoms with E-state index in [1.165, 1.54) is 19.3 Å². The van der Waals surface area contributed by atoms with Gasteiger partial charge in [0.25, 0.3) is 0 Å². The fourth-order valence-corrected chi connectivity index (χ4v) is 1.73. The van der Waals surface area contributed by atoms with Crippen molar-refractivity contribution in [3.8, 4) is 0 Å². The molecule has 1 heteroatoms. The number of rotatable bonds is 3. The van der Waals surface area contributed by atoms with Crippen LogP contribution >= 0.6 is 0 Å². The SMILES string of the molecule is CCC(C)C1CC(CO)C1. The standard InChI is InChI=1S/C9H18O/c1-3-7(2)9-4-8(5-9)6-10/h7-10H,3-6H2,1-2H3. The topological polar surface area (TPSA) is 20.2 Å². The summed E-state index contributed by atoms with van der Waals surface area (Å²) in [7, 11) is 0. The summed E-state index contributed by atoms with van der Waals surface area (Å²) in [6.07, 6.45) is 3.83. The maximum atomic E-state index is 8.76. The Hall–Kier alpha value is -0.0400. The van der Waals surface area contributed by atoms with E-state index in [4.69, 9.17) is 5.11 Å². The molecule has 0 aliphatic heterocycles. The molecule has 0 aromatic rings. The predicted octanol–water partition coefficient (Wildman–Crippen LogP) is 2.05. The molecule has 0 aromatic carbocycles. The lowest BCUT2D eigenvalue weighted by molar-refractivity contribution is 0.0736. The zero-order valence-corrected chi connectivity index (χ0v) is 7.01. The van der Waals surface area contributed by atoms with E-state index in [0.717, 1.165) is 11.8 Å². The Morgan fingerprint density at radius 3 is 2.50 bits per heavy atom. The summed E-state index contributed by atoms with van der Waals surface area (Å²) in [4.78, 5) is 0. The molecule has 0 bridgehead atoms. The fourth-order valence-electron chi connectivity index (χ4n) is 1.73. The van der Waals surface area contributed by atoms with Crippen LogP contribution in [0, 0.1) is 17.8 Å². The van der Waals surface area contributed by atoms with Gasteiger partial charge in [0.15, 0.2) is 0 Å². The molecule has 1 saturated carbocycles. The first-order chi connectivity index (χ1) is 4.77. The highest BCUT2D eigenvalue weighted by molar-refractivity contribution is 4.81. The van der Waals surface area contributed by atoms with Gasteiger partial charge in [-0.05, 0) is 30.6 Å². The third-order valence-corrected chi connectivity index (χ3v) is 2.98. The van der Waals surface area contributed by atoms with Gasteiger partial charge < -0.3 is 5.11 Å². The van der Waals surface area contributed by atoms with E-state index in [2.05, 4.69) is 13.8 Å². The molecule has 0 spiro atoms. The van der Waals surface area contributed by atoms with Gasteiger partial charge in [-0.3, -0.25) is 0 Å². The van der Waals surface area contributed by atoms with Crippen molar-refractivity contribution in [2.45, 2.75) is 33.1 Å². The lowest BCUT2D eigenvalue weighted by Crippen LogP contribution is -2.30. The van der Waals surface area contributed by atoms with Gasteiger partial charge >= 0.3 is 0 Å². The van der Waals surface area contributed by atoms with E-state index in [0.29, 0.717) is 12.5 Å². The minimum absolute atomic E-state index is 0.410. The summed E-state index contributed by atoms with van der Waals surface area (Å²) >= 11 is 0. The third kappa shape index (κ3) is 1.51. The Labute approximate surface area is 63.4 Å². The Balaban J connectivity index is 2.13. The van der Waals surface area contributed by atoms with Crippen molar-refractivity contribution in [2.75, 3.05) is 6.61 Å². The first-order valence-electron chi connectivity index (χ1n) is 4.38. The van der Waals surface area contributed by atoms with Gasteiger partial charge in [0.1, 0.15) is 0 Å². The summed E-state index contributed by atoms with van der Waals surface area (Å²) in [5.41, 5.74) is 0. The lowest BCUT2D eigenvalue weighted by atomic mass is 9.69. The fraction of sp³-hybridized carbons (Fsp3) is 1.00. The second kappa shape index (κ2) is 3.38. The maximum Gasteiger partial charge on any atom is 0.0459 e. The number of aliphatic hydroxyl groups excluding tert-OH is 1. The van der Waals surface area contributed by atoms with Gasteiger partial charge in [-0.2, -0.15) is 0 Å². The first kappa shape index (κ1) is 8.06. The Morgan fingerprint density at radius 1 is 1.50 bits per heavy atom. The van der Waals surface area contributed by atoms with Crippen LogP contribution in [-0.2, 0) is 0 Å². The van der Waals surface area contributed by atoms with Crippen LogP contribution in [0.4, 0.5) is 0 Å². The van der Waals surface area contributed by atoms with Crippen molar-refractivity contribution in [1.29, 1.82) is 0 Å². The van der Waals surface area contributed by atoms with Gasteiger partial charge in [0, 0.05) is 6.61 Å². The highest BCUT2D eigenvalue weighted by Gasteiger charge is 2.31. The Bertz CT molecular complexity index is 94.9. The molecule has 1 fully saturated rings. The van der Waals surface area contributed by atoms with Crippen LogP contribution in [0.15, 0.2) is 0 Å². The van der Waals surface area contributed by atoms with Crippen molar-refractivity contribution in [1.82, 2.24) is 0 Å². The Morgan fingerprint density at radius 2 is 2.10 bits per heavy atom. The van der Waals surface area contributed by atoms with Crippen LogP contribution in [0.2, 0.25) is 0 Å². The van der Waals surface area contributed by atoms with Crippen molar-refractivity contribution in [2.24, 2.45) is 17.8 Å². The van der Waals surface area contributed by atoms with E-state index in [9.17, 15) is 0 Å². The van der Waals surface area contributed by atoms with E-state index in [1.54, 1.807) is 0 Å². The predicted molar refractivity (Wildman–Crippen MR) is 42.8 cm³/mol. The summed E-state index contributed by atoms with van der Waals surface area (Å²) < 4.78 is 0. The summed E-state index contributed by atoms with van der Waals surface area (Å²) in [6.45, 7) is 4.97. The molecule has 0 radical (unpaired) electrons. The number of aliphatic hydroxyl groups is 1. The second-order valence-electron chi connectivity index (χ2n) is 3.67. The zero-order chi connectivity index (χ0) is 7.56. The minimum atomic E-state index is 0.410. The highest BCUT2D eigenvalue weighted by Crippen LogP contribution is 2.39. The average Bonchev–Trinajstić information content (AvgIpc) is 1.85. The first-order valence-corrected chi connectivity index (χ1v) is 4.38. The molecule has 1 N–H and O–H groups in total. The summed E-state index contributed by atoms with van der Waals surface area (Å²) in [5, 5.41) is 8.76. The van der Waals surface area contributed by atoms with Crippen LogP contribution in [-0.4, -0.2) is 11.7 Å². The van der Waals surface area contributed by atoms with E-state index in [1.807, 2.05) is 0 Å². The van der Waals surface area contributed by atoms with E-state index >= 15 is 0 Å². The van der Waals surface area contributed by atoms with Gasteiger partial charge in [0.2, 0.25) is 0 Å². The molecule has 1 rings (SSSR count). The molecular formula is C9H18O. The normalized spacial score (nSPS) is 35.1. The highest BCUT2D eigenvalue weighted by atomic mass is 16.3. The number of hydrogen-bond donors (Lipinski definition) is 1. The minimum Gasteiger partial charge on any atom is -0.396 e. The molecule has 1 aliphatic rings. The molecule has 1 aliphatic carbocycles. The van der Waals surface area contributed by atoms with Crippen molar-refractivity contribution >= 4 is 0 Å². The molecule has 0 heterocycles. The average molecular weight is 142 g/mol. The van der Waals surface area contributed by atoms with Crippen LogP contribution in [0.3, 0.4) is 0 Å². The molecule has 1 unspecified atom stereocenters. The summed E-state index contributed by atoms with van der Waals surface area (Å²) in [6, 6.07) is 0. The lowest BCUT2D eigenvalue weighted by Gasteiger charge is -2.37. The molecule has 0 aromatic heterocycles. The molecule has 1 nitrogen and oxygen atoms in total.